The molecule has 1 aromatic carbocycles. The molecule has 0 saturated carbocycles. The highest BCUT2D eigenvalue weighted by Crippen LogP contribution is 2.20. The largest absolute Gasteiger partial charge is 0.497 e. The standard InChI is InChI=1S/C21H33N5O3.HI/c1-24(2)20(27)16-23-21(22-15-19-5-4-14-29-19)26-12-10-25(11-13-26)17-6-8-18(28-3)9-7-17;/h6-9,19H,4-5,10-16H2,1-3H3,(H,22,23);1H. The number of carbonyl (C=O) groups excluding carboxylic acids is 1. The van der Waals surface area contributed by atoms with Crippen molar-refractivity contribution in [2.45, 2.75) is 18.9 Å². The zero-order valence-corrected chi connectivity index (χ0v) is 20.5. The maximum atomic E-state index is 12.0. The number of likely N-dealkylation sites (N-methyl/N-ethyl adjacent to an activating group) is 1. The van der Waals surface area contributed by atoms with Gasteiger partial charge in [0.05, 0.1) is 13.2 Å². The van der Waals surface area contributed by atoms with E-state index in [-0.39, 0.29) is 42.5 Å². The van der Waals surface area contributed by atoms with Gasteiger partial charge in [0.1, 0.15) is 12.3 Å². The van der Waals surface area contributed by atoms with Crippen LogP contribution in [0.25, 0.3) is 0 Å². The van der Waals surface area contributed by atoms with Crippen molar-refractivity contribution >= 4 is 41.5 Å². The molecule has 0 aliphatic carbocycles. The van der Waals surface area contributed by atoms with Crippen molar-refractivity contribution in [2.75, 3.05) is 72.0 Å². The predicted molar refractivity (Wildman–Crippen MR) is 130 cm³/mol. The average molecular weight is 531 g/mol. The molecule has 0 spiro atoms. The van der Waals surface area contributed by atoms with Crippen LogP contribution in [-0.4, -0.2) is 94.9 Å². The zero-order valence-electron chi connectivity index (χ0n) is 18.2. The molecule has 2 fully saturated rings. The smallest absolute Gasteiger partial charge is 0.243 e. The first-order valence-electron chi connectivity index (χ1n) is 10.3. The van der Waals surface area contributed by atoms with Crippen LogP contribution in [0.4, 0.5) is 5.69 Å². The molecule has 1 amide bonds. The lowest BCUT2D eigenvalue weighted by molar-refractivity contribution is -0.127. The summed E-state index contributed by atoms with van der Waals surface area (Å²) >= 11 is 0. The molecule has 3 rings (SSSR count). The lowest BCUT2D eigenvalue weighted by atomic mass is 10.2. The summed E-state index contributed by atoms with van der Waals surface area (Å²) < 4.78 is 11.0. The fraction of sp³-hybridized carbons (Fsp3) is 0.619. The second kappa shape index (κ2) is 12.2. The van der Waals surface area contributed by atoms with Gasteiger partial charge >= 0.3 is 0 Å². The number of aliphatic imine (C=N–C) groups is 1. The highest BCUT2D eigenvalue weighted by Gasteiger charge is 2.22. The fourth-order valence-corrected chi connectivity index (χ4v) is 3.53. The minimum absolute atomic E-state index is 0. The Morgan fingerprint density at radius 3 is 2.50 bits per heavy atom. The number of nitrogens with one attached hydrogen (secondary N) is 1. The topological polar surface area (TPSA) is 69.6 Å². The van der Waals surface area contributed by atoms with Crippen molar-refractivity contribution in [1.29, 1.82) is 0 Å². The first-order chi connectivity index (χ1) is 14.1. The number of nitrogens with zero attached hydrogens (tertiary/aromatic N) is 4. The maximum Gasteiger partial charge on any atom is 0.243 e. The van der Waals surface area contributed by atoms with Crippen LogP contribution in [-0.2, 0) is 9.53 Å². The van der Waals surface area contributed by atoms with Crippen molar-refractivity contribution < 1.29 is 14.3 Å². The van der Waals surface area contributed by atoms with E-state index in [9.17, 15) is 4.79 Å². The summed E-state index contributed by atoms with van der Waals surface area (Å²) in [6.07, 6.45) is 2.41. The quantitative estimate of drug-likeness (QED) is 0.342. The van der Waals surface area contributed by atoms with E-state index < -0.39 is 0 Å². The molecule has 1 N–H and O–H groups in total. The first kappa shape index (κ1) is 24.5. The van der Waals surface area contributed by atoms with Gasteiger partial charge in [-0.15, -0.1) is 24.0 Å². The van der Waals surface area contributed by atoms with E-state index in [1.807, 2.05) is 12.1 Å². The van der Waals surface area contributed by atoms with Crippen molar-refractivity contribution in [2.24, 2.45) is 4.99 Å². The van der Waals surface area contributed by atoms with Gasteiger partial charge in [-0.2, -0.15) is 0 Å². The number of rotatable bonds is 6. The van der Waals surface area contributed by atoms with Gasteiger partial charge < -0.3 is 29.5 Å². The maximum absolute atomic E-state index is 12.0. The van der Waals surface area contributed by atoms with Gasteiger partial charge in [0.2, 0.25) is 5.91 Å². The van der Waals surface area contributed by atoms with Gasteiger partial charge in [0.15, 0.2) is 5.96 Å². The summed E-state index contributed by atoms with van der Waals surface area (Å²) in [5.41, 5.74) is 1.19. The second-order valence-electron chi connectivity index (χ2n) is 7.62. The number of methoxy groups -OCH3 is 1. The first-order valence-corrected chi connectivity index (χ1v) is 10.3. The molecule has 0 radical (unpaired) electrons. The minimum Gasteiger partial charge on any atom is -0.497 e. The Bertz CT molecular complexity index is 684. The molecular formula is C21H34IN5O3. The van der Waals surface area contributed by atoms with E-state index in [0.717, 1.165) is 63.9 Å². The number of hydrogen-bond acceptors (Lipinski definition) is 5. The second-order valence-corrected chi connectivity index (χ2v) is 7.62. The molecule has 1 unspecified atom stereocenters. The van der Waals surface area contributed by atoms with Gasteiger partial charge in [0.25, 0.3) is 0 Å². The van der Waals surface area contributed by atoms with Crippen LogP contribution < -0.4 is 15.0 Å². The van der Waals surface area contributed by atoms with Gasteiger partial charge in [-0.25, -0.2) is 4.99 Å². The molecule has 168 valence electrons. The Kier molecular flexibility index (Phi) is 9.96. The molecule has 2 saturated heterocycles. The number of guanidine groups is 1. The number of ether oxygens (including phenoxy) is 2. The van der Waals surface area contributed by atoms with E-state index >= 15 is 0 Å². The average Bonchev–Trinajstić information content (AvgIpc) is 3.27. The third-order valence-corrected chi connectivity index (χ3v) is 5.39. The molecule has 1 atom stereocenters. The summed E-state index contributed by atoms with van der Waals surface area (Å²) in [7, 11) is 5.19. The van der Waals surface area contributed by atoms with Crippen LogP contribution in [0.1, 0.15) is 12.8 Å². The van der Waals surface area contributed by atoms with Crippen molar-refractivity contribution in [1.82, 2.24) is 15.1 Å². The van der Waals surface area contributed by atoms with Gasteiger partial charge in [0, 0.05) is 59.1 Å². The number of hydrogen-bond donors (Lipinski definition) is 1. The van der Waals surface area contributed by atoms with Crippen molar-refractivity contribution in [3.05, 3.63) is 24.3 Å². The number of amides is 1. The summed E-state index contributed by atoms with van der Waals surface area (Å²) in [6, 6.07) is 8.17. The molecule has 0 bridgehead atoms. The molecule has 1 aromatic rings. The molecular weight excluding hydrogens is 497 g/mol. The molecule has 2 aliphatic heterocycles. The van der Waals surface area contributed by atoms with E-state index in [1.165, 1.54) is 5.69 Å². The zero-order chi connectivity index (χ0) is 20.6. The Morgan fingerprint density at radius 2 is 1.93 bits per heavy atom. The molecule has 0 aromatic heterocycles. The Hall–Kier alpha value is -1.75. The summed E-state index contributed by atoms with van der Waals surface area (Å²) in [5, 5.41) is 3.44. The number of benzene rings is 1. The minimum atomic E-state index is -0.00159. The van der Waals surface area contributed by atoms with Crippen LogP contribution in [0.5, 0.6) is 5.75 Å². The van der Waals surface area contributed by atoms with E-state index in [4.69, 9.17) is 9.47 Å². The third kappa shape index (κ3) is 6.90. The van der Waals surface area contributed by atoms with Crippen LogP contribution in [0.15, 0.2) is 29.3 Å². The van der Waals surface area contributed by atoms with E-state index in [0.29, 0.717) is 0 Å². The SMILES string of the molecule is COc1ccc(N2CCN(C(=NCC(=O)N(C)C)NCC3CCCO3)CC2)cc1.I. The Labute approximate surface area is 196 Å². The number of carbonyl (C=O) groups is 1. The fourth-order valence-electron chi connectivity index (χ4n) is 3.53. The Morgan fingerprint density at radius 1 is 1.23 bits per heavy atom. The van der Waals surface area contributed by atoms with Gasteiger partial charge in [-0.3, -0.25) is 4.79 Å². The van der Waals surface area contributed by atoms with Crippen LogP contribution in [0.2, 0.25) is 0 Å². The Balaban J connectivity index is 0.00000320. The number of anilines is 1. The monoisotopic (exact) mass is 531 g/mol. The molecule has 2 aliphatic rings. The highest BCUT2D eigenvalue weighted by molar-refractivity contribution is 14.0. The summed E-state index contributed by atoms with van der Waals surface area (Å²) in [5.74, 6) is 1.66. The van der Waals surface area contributed by atoms with E-state index in [1.54, 1.807) is 26.1 Å². The lowest BCUT2D eigenvalue weighted by Gasteiger charge is -2.38. The molecule has 30 heavy (non-hydrogen) atoms. The summed E-state index contributed by atoms with van der Waals surface area (Å²) in [6.45, 7) is 5.20. The van der Waals surface area contributed by atoms with Gasteiger partial charge in [-0.05, 0) is 37.1 Å². The van der Waals surface area contributed by atoms with E-state index in [2.05, 4.69) is 32.2 Å². The predicted octanol–water partition coefficient (Wildman–Crippen LogP) is 1.65. The van der Waals surface area contributed by atoms with Crippen molar-refractivity contribution in [3.8, 4) is 5.75 Å². The molecule has 9 heteroatoms. The number of halogens is 1. The molecule has 2 heterocycles. The number of piperazine rings is 1. The summed E-state index contributed by atoms with van der Waals surface area (Å²) in [4.78, 5) is 22.8. The molecule has 8 nitrogen and oxygen atoms in total. The van der Waals surface area contributed by atoms with Gasteiger partial charge in [-0.1, -0.05) is 0 Å². The van der Waals surface area contributed by atoms with Crippen molar-refractivity contribution in [3.63, 3.8) is 0 Å². The van der Waals surface area contributed by atoms with Crippen LogP contribution in [0.3, 0.4) is 0 Å². The van der Waals surface area contributed by atoms with Crippen LogP contribution in [0, 0.1) is 0 Å². The highest BCUT2D eigenvalue weighted by atomic mass is 127. The third-order valence-electron chi connectivity index (χ3n) is 5.39. The van der Waals surface area contributed by atoms with Crippen LogP contribution >= 0.6 is 24.0 Å². The normalized spacial score (nSPS) is 19.3. The lowest BCUT2D eigenvalue weighted by Crippen LogP contribution is -2.53.